The fourth-order valence-electron chi connectivity index (χ4n) is 1.50. The summed E-state index contributed by atoms with van der Waals surface area (Å²) in [5, 5.41) is 0. The fraction of sp³-hybridized carbons (Fsp3) is 0.900. The fourth-order valence-corrected chi connectivity index (χ4v) is 1.50. The van der Waals surface area contributed by atoms with Crippen molar-refractivity contribution in [3.05, 3.63) is 0 Å². The quantitative estimate of drug-likeness (QED) is 0.650. The lowest BCUT2D eigenvalue weighted by molar-refractivity contribution is -0.217. The topological polar surface area (TPSA) is 44.8 Å². The SMILES string of the molecule is COC(=O)[C@@H]1CCC[C@H](OC(C)C)O1. The Bertz CT molecular complexity index is 191. The number of hydrogen-bond acceptors (Lipinski definition) is 4. The van der Waals surface area contributed by atoms with Gasteiger partial charge in [0.05, 0.1) is 13.2 Å². The Morgan fingerprint density at radius 2 is 2.14 bits per heavy atom. The first-order chi connectivity index (χ1) is 6.63. The number of hydrogen-bond donors (Lipinski definition) is 0. The van der Waals surface area contributed by atoms with E-state index in [-0.39, 0.29) is 18.4 Å². The summed E-state index contributed by atoms with van der Waals surface area (Å²) in [5.41, 5.74) is 0. The maximum atomic E-state index is 11.2. The van der Waals surface area contributed by atoms with Gasteiger partial charge in [-0.2, -0.15) is 0 Å². The Balaban J connectivity index is 2.39. The van der Waals surface area contributed by atoms with E-state index in [1.54, 1.807) is 0 Å². The van der Waals surface area contributed by atoms with Crippen LogP contribution in [0.3, 0.4) is 0 Å². The van der Waals surface area contributed by atoms with Gasteiger partial charge in [-0.1, -0.05) is 0 Å². The van der Waals surface area contributed by atoms with Gasteiger partial charge in [0.25, 0.3) is 0 Å². The van der Waals surface area contributed by atoms with E-state index < -0.39 is 6.10 Å². The predicted octanol–water partition coefficient (Wildman–Crippen LogP) is 1.48. The zero-order chi connectivity index (χ0) is 10.6. The first-order valence-electron chi connectivity index (χ1n) is 5.02. The van der Waals surface area contributed by atoms with Crippen LogP contribution in [-0.2, 0) is 19.0 Å². The van der Waals surface area contributed by atoms with Gasteiger partial charge in [-0.05, 0) is 33.1 Å². The maximum Gasteiger partial charge on any atom is 0.335 e. The maximum absolute atomic E-state index is 11.2. The molecule has 0 bridgehead atoms. The third kappa shape index (κ3) is 3.27. The molecule has 0 aromatic rings. The van der Waals surface area contributed by atoms with Crippen LogP contribution in [0.5, 0.6) is 0 Å². The van der Waals surface area contributed by atoms with Gasteiger partial charge in [0.1, 0.15) is 0 Å². The monoisotopic (exact) mass is 202 g/mol. The third-order valence-electron chi connectivity index (χ3n) is 2.11. The molecule has 0 spiro atoms. The van der Waals surface area contributed by atoms with Gasteiger partial charge in [-0.3, -0.25) is 0 Å². The Morgan fingerprint density at radius 3 is 2.71 bits per heavy atom. The lowest BCUT2D eigenvalue weighted by Crippen LogP contribution is -2.36. The highest BCUT2D eigenvalue weighted by Gasteiger charge is 2.29. The van der Waals surface area contributed by atoms with Crippen molar-refractivity contribution in [3.8, 4) is 0 Å². The summed E-state index contributed by atoms with van der Waals surface area (Å²) in [6.07, 6.45) is 1.94. The van der Waals surface area contributed by atoms with E-state index in [9.17, 15) is 4.79 Å². The van der Waals surface area contributed by atoms with Crippen molar-refractivity contribution >= 4 is 5.97 Å². The summed E-state index contributed by atoms with van der Waals surface area (Å²) < 4.78 is 15.6. The summed E-state index contributed by atoms with van der Waals surface area (Å²) >= 11 is 0. The molecule has 14 heavy (non-hydrogen) atoms. The van der Waals surface area contributed by atoms with Gasteiger partial charge in [-0.15, -0.1) is 0 Å². The van der Waals surface area contributed by atoms with Crippen LogP contribution >= 0.6 is 0 Å². The van der Waals surface area contributed by atoms with Crippen molar-refractivity contribution in [2.45, 2.75) is 51.6 Å². The molecule has 1 fully saturated rings. The number of ether oxygens (including phenoxy) is 3. The molecule has 0 unspecified atom stereocenters. The van der Waals surface area contributed by atoms with Crippen molar-refractivity contribution < 1.29 is 19.0 Å². The second kappa shape index (κ2) is 5.32. The Morgan fingerprint density at radius 1 is 1.43 bits per heavy atom. The van der Waals surface area contributed by atoms with Crippen molar-refractivity contribution in [3.63, 3.8) is 0 Å². The minimum atomic E-state index is -0.447. The Labute approximate surface area is 84.5 Å². The number of carbonyl (C=O) groups excluding carboxylic acids is 1. The van der Waals surface area contributed by atoms with E-state index in [4.69, 9.17) is 9.47 Å². The van der Waals surface area contributed by atoms with Crippen molar-refractivity contribution in [1.29, 1.82) is 0 Å². The molecule has 0 aliphatic carbocycles. The van der Waals surface area contributed by atoms with E-state index in [1.807, 2.05) is 13.8 Å². The molecule has 4 heteroatoms. The highest BCUT2D eigenvalue weighted by Crippen LogP contribution is 2.21. The van der Waals surface area contributed by atoms with Crippen LogP contribution in [0.2, 0.25) is 0 Å². The summed E-state index contributed by atoms with van der Waals surface area (Å²) in [6, 6.07) is 0. The molecule has 1 saturated heterocycles. The van der Waals surface area contributed by atoms with Crippen molar-refractivity contribution in [1.82, 2.24) is 0 Å². The molecule has 2 atom stereocenters. The molecular formula is C10H18O4. The van der Waals surface area contributed by atoms with Gasteiger partial charge < -0.3 is 14.2 Å². The van der Waals surface area contributed by atoms with Crippen LogP contribution in [-0.4, -0.2) is 31.6 Å². The minimum Gasteiger partial charge on any atom is -0.467 e. The molecule has 0 N–H and O–H groups in total. The van der Waals surface area contributed by atoms with Gasteiger partial charge in [0, 0.05) is 0 Å². The van der Waals surface area contributed by atoms with E-state index >= 15 is 0 Å². The highest BCUT2D eigenvalue weighted by molar-refractivity contribution is 5.74. The lowest BCUT2D eigenvalue weighted by Gasteiger charge is -2.29. The van der Waals surface area contributed by atoms with Crippen LogP contribution < -0.4 is 0 Å². The minimum absolute atomic E-state index is 0.122. The zero-order valence-corrected chi connectivity index (χ0v) is 8.99. The molecule has 0 aromatic carbocycles. The molecule has 1 heterocycles. The van der Waals surface area contributed by atoms with E-state index in [2.05, 4.69) is 4.74 Å². The first kappa shape index (κ1) is 11.5. The molecule has 0 amide bonds. The van der Waals surface area contributed by atoms with E-state index in [0.717, 1.165) is 19.3 Å². The molecule has 0 aromatic heterocycles. The van der Waals surface area contributed by atoms with Crippen LogP contribution in [0.1, 0.15) is 33.1 Å². The largest absolute Gasteiger partial charge is 0.467 e. The smallest absolute Gasteiger partial charge is 0.335 e. The number of rotatable bonds is 3. The Hall–Kier alpha value is -0.610. The normalized spacial score (nSPS) is 27.7. The van der Waals surface area contributed by atoms with Gasteiger partial charge in [0.15, 0.2) is 12.4 Å². The molecule has 0 radical (unpaired) electrons. The average Bonchev–Trinajstić information content (AvgIpc) is 2.16. The summed E-state index contributed by atoms with van der Waals surface area (Å²) in [5.74, 6) is -0.304. The molecule has 1 rings (SSSR count). The second-order valence-corrected chi connectivity index (χ2v) is 3.69. The highest BCUT2D eigenvalue weighted by atomic mass is 16.7. The van der Waals surface area contributed by atoms with Gasteiger partial charge in [-0.25, -0.2) is 4.79 Å². The van der Waals surface area contributed by atoms with Crippen LogP contribution in [0.4, 0.5) is 0 Å². The zero-order valence-electron chi connectivity index (χ0n) is 8.99. The lowest BCUT2D eigenvalue weighted by atomic mass is 10.1. The standard InChI is InChI=1S/C10H18O4/c1-7(2)13-9-6-4-5-8(14-9)10(11)12-3/h7-9H,4-6H2,1-3H3/t8-,9+/m0/s1. The molecular weight excluding hydrogens is 184 g/mol. The third-order valence-corrected chi connectivity index (χ3v) is 2.11. The summed E-state index contributed by atoms with van der Waals surface area (Å²) in [4.78, 5) is 11.2. The predicted molar refractivity (Wildman–Crippen MR) is 50.7 cm³/mol. The average molecular weight is 202 g/mol. The number of esters is 1. The molecule has 1 aliphatic heterocycles. The van der Waals surface area contributed by atoms with Crippen LogP contribution in [0.15, 0.2) is 0 Å². The summed E-state index contributed by atoms with van der Waals surface area (Å²) in [6.45, 7) is 3.90. The van der Waals surface area contributed by atoms with E-state index in [1.165, 1.54) is 7.11 Å². The van der Waals surface area contributed by atoms with Crippen molar-refractivity contribution in [2.75, 3.05) is 7.11 Å². The van der Waals surface area contributed by atoms with Gasteiger partial charge >= 0.3 is 5.97 Å². The molecule has 1 aliphatic rings. The van der Waals surface area contributed by atoms with Gasteiger partial charge in [0.2, 0.25) is 0 Å². The molecule has 0 saturated carbocycles. The number of carbonyl (C=O) groups is 1. The van der Waals surface area contributed by atoms with Crippen LogP contribution in [0, 0.1) is 0 Å². The van der Waals surface area contributed by atoms with Crippen molar-refractivity contribution in [2.24, 2.45) is 0 Å². The number of methoxy groups -OCH3 is 1. The van der Waals surface area contributed by atoms with E-state index in [0.29, 0.717) is 0 Å². The molecule has 82 valence electrons. The summed E-state index contributed by atoms with van der Waals surface area (Å²) in [7, 11) is 1.37. The Kier molecular flexibility index (Phi) is 4.35. The molecule has 4 nitrogen and oxygen atoms in total. The second-order valence-electron chi connectivity index (χ2n) is 3.69. The first-order valence-corrected chi connectivity index (χ1v) is 5.02. The van der Waals surface area contributed by atoms with Crippen LogP contribution in [0.25, 0.3) is 0 Å².